The van der Waals surface area contributed by atoms with Gasteiger partial charge in [0, 0.05) is 18.5 Å². The molecule has 7 nitrogen and oxygen atoms in total. The first-order valence-corrected chi connectivity index (χ1v) is 11.5. The molecule has 0 unspecified atom stereocenters. The number of nitrogens with zero attached hydrogens (tertiary/aromatic N) is 3. The lowest BCUT2D eigenvalue weighted by Crippen LogP contribution is -2.47. The molecular formula is C25H26F3N5O2. The molecule has 2 heterocycles. The maximum atomic E-state index is 14.6. The normalized spacial score (nSPS) is 14.2. The van der Waals surface area contributed by atoms with Crippen molar-refractivity contribution in [2.75, 3.05) is 5.32 Å². The molecule has 184 valence electrons. The Bertz CT molecular complexity index is 1240. The van der Waals surface area contributed by atoms with Crippen LogP contribution in [0.5, 0.6) is 0 Å². The Morgan fingerprint density at radius 2 is 1.71 bits per heavy atom. The lowest BCUT2D eigenvalue weighted by molar-refractivity contribution is -0.118. The summed E-state index contributed by atoms with van der Waals surface area (Å²) in [7, 11) is 0. The molecule has 0 radical (unpaired) electrons. The zero-order chi connectivity index (χ0) is 25.1. The van der Waals surface area contributed by atoms with Gasteiger partial charge in [-0.3, -0.25) is 9.59 Å². The molecule has 0 saturated carbocycles. The third-order valence-corrected chi connectivity index (χ3v) is 6.02. The highest BCUT2D eigenvalue weighted by Crippen LogP contribution is 2.27. The van der Waals surface area contributed by atoms with Crippen LogP contribution in [-0.4, -0.2) is 32.6 Å². The lowest BCUT2D eigenvalue weighted by atomic mass is 10.0. The van der Waals surface area contributed by atoms with E-state index in [1.54, 1.807) is 19.9 Å². The Labute approximate surface area is 200 Å². The molecule has 3 aromatic rings. The average Bonchev–Trinajstić information content (AvgIpc) is 3.06. The van der Waals surface area contributed by atoms with Crippen molar-refractivity contribution in [3.63, 3.8) is 0 Å². The van der Waals surface area contributed by atoms with Crippen LogP contribution >= 0.6 is 0 Å². The molecule has 1 atom stereocenters. The van der Waals surface area contributed by atoms with Gasteiger partial charge in [0.1, 0.15) is 34.9 Å². The highest BCUT2D eigenvalue weighted by atomic mass is 19.1. The maximum absolute atomic E-state index is 14.6. The van der Waals surface area contributed by atoms with Gasteiger partial charge in [0.05, 0.1) is 5.69 Å². The summed E-state index contributed by atoms with van der Waals surface area (Å²) in [4.78, 5) is 25.5. The molecule has 0 saturated heterocycles. The molecule has 0 aliphatic carbocycles. The van der Waals surface area contributed by atoms with Crippen LogP contribution in [0.1, 0.15) is 49.3 Å². The molecule has 0 bridgehead atoms. The number of nitrogens with one attached hydrogen (secondary N) is 2. The SMILES string of the molecule is CC(C)[C@H](NC(=O)c1c(F)cccc1F)C(=O)Nc1cc(-c2nnc3n2CCCCC3)ccc1F. The van der Waals surface area contributed by atoms with Crippen LogP contribution in [0.4, 0.5) is 18.9 Å². The van der Waals surface area contributed by atoms with E-state index in [1.807, 2.05) is 4.57 Å². The van der Waals surface area contributed by atoms with E-state index >= 15 is 0 Å². The van der Waals surface area contributed by atoms with Crippen molar-refractivity contribution >= 4 is 17.5 Å². The summed E-state index contributed by atoms with van der Waals surface area (Å²) in [5.74, 6) is -3.56. The summed E-state index contributed by atoms with van der Waals surface area (Å²) >= 11 is 0. The average molecular weight is 486 g/mol. The molecule has 1 aliphatic rings. The second-order valence-corrected chi connectivity index (χ2v) is 8.88. The minimum absolute atomic E-state index is 0.101. The maximum Gasteiger partial charge on any atom is 0.257 e. The van der Waals surface area contributed by atoms with Crippen molar-refractivity contribution in [3.8, 4) is 11.4 Å². The van der Waals surface area contributed by atoms with Crippen LogP contribution in [0.2, 0.25) is 0 Å². The van der Waals surface area contributed by atoms with Gasteiger partial charge < -0.3 is 15.2 Å². The fourth-order valence-corrected chi connectivity index (χ4v) is 4.13. The summed E-state index contributed by atoms with van der Waals surface area (Å²) in [5, 5.41) is 13.4. The zero-order valence-electron chi connectivity index (χ0n) is 19.4. The largest absolute Gasteiger partial charge is 0.340 e. The van der Waals surface area contributed by atoms with E-state index in [4.69, 9.17) is 0 Å². The minimum Gasteiger partial charge on any atom is -0.340 e. The smallest absolute Gasteiger partial charge is 0.257 e. The monoisotopic (exact) mass is 485 g/mol. The van der Waals surface area contributed by atoms with Crippen molar-refractivity contribution < 1.29 is 22.8 Å². The number of aromatic nitrogens is 3. The molecule has 35 heavy (non-hydrogen) atoms. The summed E-state index contributed by atoms with van der Waals surface area (Å²) < 4.78 is 44.7. The van der Waals surface area contributed by atoms with E-state index in [2.05, 4.69) is 20.8 Å². The van der Waals surface area contributed by atoms with Crippen LogP contribution in [0.3, 0.4) is 0 Å². The molecule has 10 heteroatoms. The van der Waals surface area contributed by atoms with Gasteiger partial charge in [-0.25, -0.2) is 13.2 Å². The van der Waals surface area contributed by atoms with Crippen molar-refractivity contribution in [2.45, 2.75) is 52.1 Å². The number of benzene rings is 2. The summed E-state index contributed by atoms with van der Waals surface area (Å²) in [6.45, 7) is 4.06. The van der Waals surface area contributed by atoms with Crippen LogP contribution < -0.4 is 10.6 Å². The van der Waals surface area contributed by atoms with Crippen LogP contribution in [0, 0.1) is 23.4 Å². The molecule has 2 aromatic carbocycles. The standard InChI is InChI=1S/C25H26F3N5O2/c1-14(2)22(30-24(34)21-17(27)7-6-8-18(21)28)25(35)29-19-13-15(10-11-16(19)26)23-32-31-20-9-4-3-5-12-33(20)23/h6-8,10-11,13-14,22H,3-5,9,12H2,1-2H3,(H,29,35)(H,30,34)/t22-/m0/s1. The highest BCUT2D eigenvalue weighted by molar-refractivity contribution is 6.01. The van der Waals surface area contributed by atoms with Crippen molar-refractivity contribution in [2.24, 2.45) is 5.92 Å². The fraction of sp³-hybridized carbons (Fsp3) is 0.360. The predicted octanol–water partition coefficient (Wildman–Crippen LogP) is 4.48. The topological polar surface area (TPSA) is 88.9 Å². The number of fused-ring (bicyclic) bond motifs is 1. The van der Waals surface area contributed by atoms with Gasteiger partial charge in [0.2, 0.25) is 5.91 Å². The number of amides is 2. The number of halogens is 3. The van der Waals surface area contributed by atoms with Crippen molar-refractivity contribution in [1.29, 1.82) is 0 Å². The summed E-state index contributed by atoms with van der Waals surface area (Å²) in [6, 6.07) is 6.12. The van der Waals surface area contributed by atoms with Gasteiger partial charge in [-0.15, -0.1) is 10.2 Å². The van der Waals surface area contributed by atoms with Gasteiger partial charge in [-0.2, -0.15) is 0 Å². The van der Waals surface area contributed by atoms with Gasteiger partial charge >= 0.3 is 0 Å². The van der Waals surface area contributed by atoms with E-state index in [1.165, 1.54) is 12.1 Å². The molecule has 4 rings (SSSR count). The Hall–Kier alpha value is -3.69. The Morgan fingerprint density at radius 3 is 2.43 bits per heavy atom. The molecule has 2 N–H and O–H groups in total. The van der Waals surface area contributed by atoms with Crippen LogP contribution in [-0.2, 0) is 17.8 Å². The van der Waals surface area contributed by atoms with E-state index in [0.717, 1.165) is 56.3 Å². The van der Waals surface area contributed by atoms with E-state index in [9.17, 15) is 22.8 Å². The molecule has 1 aliphatic heterocycles. The number of carbonyl (C=O) groups is 2. The number of hydrogen-bond donors (Lipinski definition) is 2. The second-order valence-electron chi connectivity index (χ2n) is 8.88. The first-order chi connectivity index (χ1) is 16.8. The predicted molar refractivity (Wildman–Crippen MR) is 124 cm³/mol. The number of anilines is 1. The lowest BCUT2D eigenvalue weighted by Gasteiger charge is -2.22. The first kappa shape index (κ1) is 24.4. The van der Waals surface area contributed by atoms with E-state index in [0.29, 0.717) is 11.4 Å². The molecule has 2 amide bonds. The van der Waals surface area contributed by atoms with Gasteiger partial charge in [-0.05, 0) is 49.1 Å². The van der Waals surface area contributed by atoms with Crippen LogP contribution in [0.25, 0.3) is 11.4 Å². The quantitative estimate of drug-likeness (QED) is 0.539. The third kappa shape index (κ3) is 5.21. The molecule has 0 spiro atoms. The van der Waals surface area contributed by atoms with Crippen molar-refractivity contribution in [3.05, 3.63) is 65.2 Å². The van der Waals surface area contributed by atoms with E-state index < -0.39 is 46.8 Å². The first-order valence-electron chi connectivity index (χ1n) is 11.5. The third-order valence-electron chi connectivity index (χ3n) is 6.02. The fourth-order valence-electron chi connectivity index (χ4n) is 4.13. The zero-order valence-corrected chi connectivity index (χ0v) is 19.4. The Kier molecular flexibility index (Phi) is 7.18. The molecule has 0 fully saturated rings. The Balaban J connectivity index is 1.56. The minimum atomic E-state index is -1.17. The highest BCUT2D eigenvalue weighted by Gasteiger charge is 2.28. The van der Waals surface area contributed by atoms with Gasteiger partial charge in [0.25, 0.3) is 5.91 Å². The molecular weight excluding hydrogens is 459 g/mol. The van der Waals surface area contributed by atoms with Gasteiger partial charge in [0.15, 0.2) is 5.82 Å². The second kappa shape index (κ2) is 10.3. The summed E-state index contributed by atoms with van der Waals surface area (Å²) in [5.41, 5.74) is -0.303. The summed E-state index contributed by atoms with van der Waals surface area (Å²) in [6.07, 6.45) is 3.92. The number of aryl methyl sites for hydroxylation is 1. The molecule has 1 aromatic heterocycles. The van der Waals surface area contributed by atoms with Crippen molar-refractivity contribution in [1.82, 2.24) is 20.1 Å². The van der Waals surface area contributed by atoms with Crippen LogP contribution in [0.15, 0.2) is 36.4 Å². The number of carbonyl (C=O) groups excluding carboxylic acids is 2. The van der Waals surface area contributed by atoms with Gasteiger partial charge in [-0.1, -0.05) is 26.3 Å². The number of rotatable bonds is 6. The van der Waals surface area contributed by atoms with E-state index in [-0.39, 0.29) is 5.69 Å². The Morgan fingerprint density at radius 1 is 0.971 bits per heavy atom. The number of hydrogen-bond acceptors (Lipinski definition) is 4.